The van der Waals surface area contributed by atoms with E-state index in [4.69, 9.17) is 9.97 Å². The van der Waals surface area contributed by atoms with Crippen LogP contribution in [0, 0.1) is 0 Å². The Labute approximate surface area is 344 Å². The number of nitrogens with zero attached hydrogens (tertiary/aromatic N) is 3. The fourth-order valence-corrected chi connectivity index (χ4v) is 8.20. The van der Waals surface area contributed by atoms with Crippen molar-refractivity contribution in [3.05, 3.63) is 114 Å². The van der Waals surface area contributed by atoms with E-state index in [1.54, 1.807) is 0 Å². The second-order valence-electron chi connectivity index (χ2n) is 19.2. The molecule has 0 fully saturated rings. The molecule has 0 aliphatic rings. The number of fused-ring (bicyclic) bond motifs is 1. The van der Waals surface area contributed by atoms with E-state index in [9.17, 15) is 5.11 Å². The lowest BCUT2D eigenvalue weighted by Gasteiger charge is -2.27. The van der Waals surface area contributed by atoms with Gasteiger partial charge in [0.1, 0.15) is 50.8 Å². The second kappa shape index (κ2) is 14.3. The predicted octanol–water partition coefficient (Wildman–Crippen LogP) is 3.98. The van der Waals surface area contributed by atoms with Crippen molar-refractivity contribution in [2.24, 2.45) is 0 Å². The van der Waals surface area contributed by atoms with Gasteiger partial charge in [0.15, 0.2) is 0 Å². The second-order valence-corrected chi connectivity index (χ2v) is 19.2. The van der Waals surface area contributed by atoms with Crippen molar-refractivity contribution in [2.45, 2.75) is 78.6 Å². The predicted molar refractivity (Wildman–Crippen MR) is 259 cm³/mol. The highest BCUT2D eigenvalue weighted by atomic mass is 16.3. The first kappa shape index (κ1) is 40.1. The van der Waals surface area contributed by atoms with Crippen LogP contribution in [0.3, 0.4) is 0 Å². The molecular weight excluding hydrogens is 689 g/mol. The van der Waals surface area contributed by atoms with Crippen LogP contribution in [0.25, 0.3) is 61.6 Å². The Morgan fingerprint density at radius 3 is 1.75 bits per heavy atom. The van der Waals surface area contributed by atoms with Crippen molar-refractivity contribution in [3.8, 4) is 56.3 Å². The monoisotopic (exact) mass is 743 g/mol. The van der Waals surface area contributed by atoms with E-state index in [2.05, 4.69) is 191 Å². The number of phenols is 1. The maximum atomic E-state index is 12.2. The summed E-state index contributed by atoms with van der Waals surface area (Å²) in [7, 11) is 11.2. The highest BCUT2D eigenvalue weighted by Gasteiger charge is 2.29. The van der Waals surface area contributed by atoms with Crippen LogP contribution in [0.5, 0.6) is 5.75 Å². The molecule has 282 valence electrons. The standard InChI is InChI=1S/C48H54B5N3O/c1-46(2,3)29-21-27(20-28(22-29)35-23-26(18-19-54-35)37-38(49)40(51)42(53)41(52)39(37)50)32-16-13-17-36-43(32)55-45(56(36)31-14-11-10-12-15-31)33-24-30(47(4,5)6)25-34(44(33)57)48(7,8)9/h10-25,57H,49-53H2,1-9H3. The normalized spacial score (nSPS) is 12.4. The molecule has 0 bridgehead atoms. The average Bonchev–Trinajstić information content (AvgIpc) is 3.55. The molecule has 2 aromatic heterocycles. The van der Waals surface area contributed by atoms with Crippen LogP contribution < -0.4 is 27.3 Å². The molecule has 0 saturated carbocycles. The number of para-hydroxylation sites is 2. The van der Waals surface area contributed by atoms with Gasteiger partial charge in [0.05, 0.1) is 22.3 Å². The number of hydrogen-bond acceptors (Lipinski definition) is 3. The molecule has 5 aromatic carbocycles. The van der Waals surface area contributed by atoms with Gasteiger partial charge in [-0.1, -0.05) is 116 Å². The van der Waals surface area contributed by atoms with Gasteiger partial charge in [-0.3, -0.25) is 9.55 Å². The summed E-state index contributed by atoms with van der Waals surface area (Å²) in [5.41, 5.74) is 19.6. The Bertz CT molecular complexity index is 2670. The van der Waals surface area contributed by atoms with Crippen molar-refractivity contribution in [2.75, 3.05) is 0 Å². The third-order valence-corrected chi connectivity index (χ3v) is 12.2. The topological polar surface area (TPSA) is 50.9 Å². The molecule has 2 heterocycles. The van der Waals surface area contributed by atoms with Gasteiger partial charge in [-0.2, -0.15) is 0 Å². The third kappa shape index (κ3) is 7.31. The van der Waals surface area contributed by atoms with Gasteiger partial charge in [0.2, 0.25) is 0 Å². The molecule has 0 aliphatic carbocycles. The van der Waals surface area contributed by atoms with Gasteiger partial charge >= 0.3 is 0 Å². The summed E-state index contributed by atoms with van der Waals surface area (Å²) in [6, 6.07) is 32.5. The van der Waals surface area contributed by atoms with Gasteiger partial charge in [-0.05, 0) is 92.6 Å². The van der Waals surface area contributed by atoms with E-state index in [-0.39, 0.29) is 22.0 Å². The zero-order chi connectivity index (χ0) is 41.4. The number of phenolic OH excluding ortho intramolecular Hbond substituents is 1. The summed E-state index contributed by atoms with van der Waals surface area (Å²) in [5.74, 6) is 0.991. The molecular formula is C48H54B5N3O. The van der Waals surface area contributed by atoms with Crippen LogP contribution in [-0.2, 0) is 16.2 Å². The molecule has 0 atom stereocenters. The molecule has 0 amide bonds. The van der Waals surface area contributed by atoms with Crippen molar-refractivity contribution >= 4 is 77.6 Å². The summed E-state index contributed by atoms with van der Waals surface area (Å²) < 4.78 is 2.21. The molecule has 4 nitrogen and oxygen atoms in total. The number of imidazole rings is 1. The quantitative estimate of drug-likeness (QED) is 0.272. The minimum atomic E-state index is -0.279. The molecule has 0 unspecified atom stereocenters. The summed E-state index contributed by atoms with van der Waals surface area (Å²) in [6.45, 7) is 20.0. The van der Waals surface area contributed by atoms with Crippen LogP contribution in [-0.4, -0.2) is 58.9 Å². The maximum absolute atomic E-state index is 12.2. The van der Waals surface area contributed by atoms with Crippen LogP contribution in [0.2, 0.25) is 0 Å². The number of hydrogen-bond donors (Lipinski definition) is 1. The smallest absolute Gasteiger partial charge is 0.149 e. The van der Waals surface area contributed by atoms with Gasteiger partial charge in [0, 0.05) is 28.6 Å². The van der Waals surface area contributed by atoms with E-state index in [0.29, 0.717) is 5.82 Å². The molecule has 0 aliphatic heterocycles. The van der Waals surface area contributed by atoms with Gasteiger partial charge < -0.3 is 5.11 Å². The van der Waals surface area contributed by atoms with Gasteiger partial charge in [0.25, 0.3) is 0 Å². The average molecular weight is 743 g/mol. The Kier molecular flexibility index (Phi) is 10.1. The number of pyridine rings is 1. The minimum Gasteiger partial charge on any atom is -0.507 e. The molecule has 7 aromatic rings. The van der Waals surface area contributed by atoms with E-state index in [1.807, 2.05) is 12.3 Å². The summed E-state index contributed by atoms with van der Waals surface area (Å²) in [6.07, 6.45) is 1.95. The van der Waals surface area contributed by atoms with Crippen LogP contribution >= 0.6 is 0 Å². The van der Waals surface area contributed by atoms with Crippen LogP contribution in [0.1, 0.15) is 79.0 Å². The molecule has 57 heavy (non-hydrogen) atoms. The Hall–Kier alpha value is -5.16. The molecule has 0 radical (unpaired) electrons. The first-order valence-electron chi connectivity index (χ1n) is 20.3. The molecule has 9 heteroatoms. The number of aromatic hydroxyl groups is 1. The largest absolute Gasteiger partial charge is 0.507 e. The molecule has 7 rings (SSSR count). The first-order valence-corrected chi connectivity index (χ1v) is 20.3. The third-order valence-electron chi connectivity index (χ3n) is 12.2. The SMILES string of the molecule is Bc1c(B)c(B)c(-c2ccnc(-c3cc(-c4cccc5c4nc(-c4cc(C(C)(C)C)cc(C(C)(C)C)c4O)n5-c4ccccc4)cc(C(C)(C)C)c3)c2)c(B)c1B. The fourth-order valence-electron chi connectivity index (χ4n) is 8.20. The Morgan fingerprint density at radius 2 is 1.14 bits per heavy atom. The number of rotatable bonds is 5. The zero-order valence-corrected chi connectivity index (χ0v) is 36.5. The molecule has 1 N–H and O–H groups in total. The summed E-state index contributed by atoms with van der Waals surface area (Å²) in [5, 5.41) is 12.2. The summed E-state index contributed by atoms with van der Waals surface area (Å²) in [4.78, 5) is 10.5. The minimum absolute atomic E-state index is 0.119. The highest BCUT2D eigenvalue weighted by Crippen LogP contribution is 2.44. The van der Waals surface area contributed by atoms with E-state index < -0.39 is 0 Å². The molecule has 0 spiro atoms. The van der Waals surface area contributed by atoms with Gasteiger partial charge in [-0.15, -0.1) is 16.4 Å². The van der Waals surface area contributed by atoms with Crippen molar-refractivity contribution < 1.29 is 5.11 Å². The first-order chi connectivity index (χ1) is 26.7. The maximum Gasteiger partial charge on any atom is 0.149 e. The van der Waals surface area contributed by atoms with E-state index in [0.717, 1.165) is 55.8 Å². The lowest BCUT2D eigenvalue weighted by atomic mass is 9.59. The summed E-state index contributed by atoms with van der Waals surface area (Å²) >= 11 is 0. The lowest BCUT2D eigenvalue weighted by Crippen LogP contribution is -2.55. The Balaban J connectivity index is 1.50. The van der Waals surface area contributed by atoms with E-state index in [1.165, 1.54) is 44.0 Å². The lowest BCUT2D eigenvalue weighted by molar-refractivity contribution is 0.446. The zero-order valence-electron chi connectivity index (χ0n) is 36.5. The van der Waals surface area contributed by atoms with Crippen molar-refractivity contribution in [1.82, 2.24) is 14.5 Å². The van der Waals surface area contributed by atoms with Crippen LogP contribution in [0.15, 0.2) is 97.2 Å². The van der Waals surface area contributed by atoms with Crippen molar-refractivity contribution in [3.63, 3.8) is 0 Å². The fraction of sp³-hybridized carbons (Fsp3) is 0.250. The highest BCUT2D eigenvalue weighted by molar-refractivity contribution is 6.68. The number of benzene rings is 5. The van der Waals surface area contributed by atoms with E-state index >= 15 is 0 Å². The van der Waals surface area contributed by atoms with Crippen molar-refractivity contribution in [1.29, 1.82) is 0 Å². The number of aromatic nitrogens is 3. The van der Waals surface area contributed by atoms with Crippen LogP contribution in [0.4, 0.5) is 0 Å². The van der Waals surface area contributed by atoms with Gasteiger partial charge in [-0.25, -0.2) is 4.98 Å². The molecule has 0 saturated heterocycles. The Morgan fingerprint density at radius 1 is 0.544 bits per heavy atom.